The van der Waals surface area contributed by atoms with E-state index in [1.807, 2.05) is 0 Å². The van der Waals surface area contributed by atoms with Crippen molar-refractivity contribution in [2.75, 3.05) is 13.1 Å². The molecule has 0 radical (unpaired) electrons. The van der Waals surface area contributed by atoms with Crippen molar-refractivity contribution in [2.45, 2.75) is 16.7 Å². The lowest BCUT2D eigenvalue weighted by Gasteiger charge is -2.06. The molecule has 1 fully saturated rings. The van der Waals surface area contributed by atoms with Crippen molar-refractivity contribution in [1.29, 1.82) is 0 Å². The van der Waals surface area contributed by atoms with E-state index in [0.29, 0.717) is 10.2 Å². The van der Waals surface area contributed by atoms with E-state index in [1.54, 1.807) is 6.07 Å². The quantitative estimate of drug-likeness (QED) is 0.814. The van der Waals surface area contributed by atoms with Gasteiger partial charge in [-0.1, -0.05) is 11.6 Å². The minimum Gasteiger partial charge on any atom is -0.315 e. The third kappa shape index (κ3) is 3.11. The van der Waals surface area contributed by atoms with Crippen LogP contribution in [0.3, 0.4) is 0 Å². The molecule has 2 rings (SSSR count). The van der Waals surface area contributed by atoms with Crippen molar-refractivity contribution in [3.8, 4) is 0 Å². The van der Waals surface area contributed by atoms with Gasteiger partial charge in [0.25, 0.3) is 0 Å². The number of nitrogens with zero attached hydrogens (tertiary/aromatic N) is 2. The zero-order chi connectivity index (χ0) is 9.97. The van der Waals surface area contributed by atoms with Gasteiger partial charge in [0, 0.05) is 12.6 Å². The van der Waals surface area contributed by atoms with Crippen molar-refractivity contribution in [2.24, 2.45) is 0 Å². The Morgan fingerprint density at radius 3 is 2.93 bits per heavy atom. The molecule has 2 atom stereocenters. The van der Waals surface area contributed by atoms with Crippen LogP contribution >= 0.6 is 24.0 Å². The summed E-state index contributed by atoms with van der Waals surface area (Å²) >= 11 is 5.69. The van der Waals surface area contributed by atoms with Gasteiger partial charge in [0.2, 0.25) is 0 Å². The summed E-state index contributed by atoms with van der Waals surface area (Å²) in [5.41, 5.74) is 0. The van der Waals surface area contributed by atoms with Crippen LogP contribution < -0.4 is 5.32 Å². The van der Waals surface area contributed by atoms with Gasteiger partial charge in [-0.2, -0.15) is 0 Å². The average molecular weight is 268 g/mol. The van der Waals surface area contributed by atoms with Crippen LogP contribution in [0, 0.1) is 0 Å². The number of halogens is 2. The molecule has 1 N–H and O–H groups in total. The Labute approximate surface area is 102 Å². The van der Waals surface area contributed by atoms with E-state index >= 15 is 0 Å². The van der Waals surface area contributed by atoms with Crippen molar-refractivity contribution >= 4 is 34.8 Å². The predicted molar refractivity (Wildman–Crippen MR) is 62.0 cm³/mol. The van der Waals surface area contributed by atoms with Gasteiger partial charge >= 0.3 is 0 Å². The molecule has 0 aliphatic carbocycles. The van der Waals surface area contributed by atoms with E-state index in [2.05, 4.69) is 15.3 Å². The Morgan fingerprint density at radius 1 is 1.53 bits per heavy atom. The number of hydrogen-bond donors (Lipinski definition) is 1. The monoisotopic (exact) mass is 267 g/mol. The molecule has 1 saturated heterocycles. The van der Waals surface area contributed by atoms with Crippen LogP contribution in [0.1, 0.15) is 6.42 Å². The second-order valence-corrected chi connectivity index (χ2v) is 5.16. The second kappa shape index (κ2) is 5.75. The molecule has 0 saturated carbocycles. The zero-order valence-corrected chi connectivity index (χ0v) is 10.2. The summed E-state index contributed by atoms with van der Waals surface area (Å²) in [6.45, 7) is 1.71. The molecule has 0 aromatic carbocycles. The van der Waals surface area contributed by atoms with E-state index in [4.69, 9.17) is 11.6 Å². The lowest BCUT2D eigenvalue weighted by atomic mass is 10.4. The van der Waals surface area contributed by atoms with Gasteiger partial charge in [-0.25, -0.2) is 9.97 Å². The summed E-state index contributed by atoms with van der Waals surface area (Å²) in [5, 5.41) is 4.19. The van der Waals surface area contributed by atoms with Crippen molar-refractivity contribution in [1.82, 2.24) is 15.3 Å². The molecule has 84 valence electrons. The molecule has 1 aromatic rings. The van der Waals surface area contributed by atoms with Crippen LogP contribution in [0.5, 0.6) is 0 Å². The highest BCUT2D eigenvalue weighted by Crippen LogP contribution is 2.15. The second-order valence-electron chi connectivity index (χ2n) is 3.09. The normalized spacial score (nSPS) is 22.1. The fourth-order valence-corrected chi connectivity index (χ4v) is 2.94. The highest BCUT2D eigenvalue weighted by molar-refractivity contribution is 7.85. The van der Waals surface area contributed by atoms with Gasteiger partial charge < -0.3 is 5.32 Å². The van der Waals surface area contributed by atoms with Crippen molar-refractivity contribution in [3.63, 3.8) is 0 Å². The lowest BCUT2D eigenvalue weighted by Crippen LogP contribution is -2.19. The van der Waals surface area contributed by atoms with Gasteiger partial charge in [0.15, 0.2) is 0 Å². The molecule has 0 spiro atoms. The molecule has 1 aliphatic rings. The van der Waals surface area contributed by atoms with Crippen LogP contribution in [0.15, 0.2) is 17.4 Å². The Balaban J connectivity index is 0.00000112. The summed E-state index contributed by atoms with van der Waals surface area (Å²) in [6, 6.07) is 1.57. The summed E-state index contributed by atoms with van der Waals surface area (Å²) in [4.78, 5) is 7.71. The first-order chi connectivity index (χ1) is 6.77. The standard InChI is InChI=1S/C8H10ClN3OS.ClH/c9-7-3-8(12-5-11-7)14(13)6-1-2-10-4-6;/h3,5-6,10H,1-2,4H2;1H/t6-,14+;/m0./s1. The third-order valence-electron chi connectivity index (χ3n) is 2.13. The smallest absolute Gasteiger partial charge is 0.133 e. The Bertz CT molecular complexity index is 357. The zero-order valence-electron chi connectivity index (χ0n) is 7.85. The summed E-state index contributed by atoms with van der Waals surface area (Å²) in [5.74, 6) is 0. The maximum atomic E-state index is 11.9. The van der Waals surface area contributed by atoms with Crippen LogP contribution in [0.4, 0.5) is 0 Å². The van der Waals surface area contributed by atoms with E-state index in [9.17, 15) is 4.21 Å². The van der Waals surface area contributed by atoms with Crippen molar-refractivity contribution in [3.05, 3.63) is 17.5 Å². The van der Waals surface area contributed by atoms with Gasteiger partial charge in [-0.15, -0.1) is 12.4 Å². The molecule has 2 heterocycles. The van der Waals surface area contributed by atoms with Gasteiger partial charge in [0.05, 0.1) is 16.0 Å². The Kier molecular flexibility index (Phi) is 4.92. The van der Waals surface area contributed by atoms with Crippen LogP contribution in [-0.2, 0) is 10.8 Å². The first-order valence-corrected chi connectivity index (χ1v) is 5.95. The highest BCUT2D eigenvalue weighted by Gasteiger charge is 2.23. The minimum atomic E-state index is -1.07. The first-order valence-electron chi connectivity index (χ1n) is 4.36. The first kappa shape index (κ1) is 12.8. The maximum absolute atomic E-state index is 11.9. The fraction of sp³-hybridized carbons (Fsp3) is 0.500. The molecule has 1 aromatic heterocycles. The number of hydrogen-bond acceptors (Lipinski definition) is 4. The fourth-order valence-electron chi connectivity index (χ4n) is 1.41. The molecule has 0 bridgehead atoms. The van der Waals surface area contributed by atoms with Gasteiger partial charge in [-0.05, 0) is 13.0 Å². The molecular formula is C8H11Cl2N3OS. The maximum Gasteiger partial charge on any atom is 0.133 e. The topological polar surface area (TPSA) is 54.9 Å². The largest absolute Gasteiger partial charge is 0.315 e. The number of nitrogens with one attached hydrogen (secondary N) is 1. The van der Waals surface area contributed by atoms with E-state index in [0.717, 1.165) is 19.5 Å². The molecule has 1 aliphatic heterocycles. The summed E-state index contributed by atoms with van der Waals surface area (Å²) in [6.07, 6.45) is 2.27. The van der Waals surface area contributed by atoms with Crippen LogP contribution in [0.2, 0.25) is 5.15 Å². The molecule has 7 heteroatoms. The minimum absolute atomic E-state index is 0. The number of rotatable bonds is 2. The Morgan fingerprint density at radius 2 is 2.33 bits per heavy atom. The third-order valence-corrected chi connectivity index (χ3v) is 3.98. The van der Waals surface area contributed by atoms with E-state index < -0.39 is 10.8 Å². The van der Waals surface area contributed by atoms with Crippen molar-refractivity contribution < 1.29 is 4.21 Å². The van der Waals surface area contributed by atoms with Gasteiger partial charge in [-0.3, -0.25) is 4.21 Å². The molecule has 4 nitrogen and oxygen atoms in total. The van der Waals surface area contributed by atoms with Crippen LogP contribution in [0.25, 0.3) is 0 Å². The predicted octanol–water partition coefficient (Wildman–Crippen LogP) is 1.02. The molecule has 0 amide bonds. The SMILES string of the molecule is Cl.O=[S@@](c1cc(Cl)ncn1)[C@H]1CCNC1. The van der Waals surface area contributed by atoms with E-state index in [-0.39, 0.29) is 17.7 Å². The lowest BCUT2D eigenvalue weighted by molar-refractivity contribution is 0.669. The summed E-state index contributed by atoms with van der Waals surface area (Å²) in [7, 11) is -1.07. The molecular weight excluding hydrogens is 257 g/mol. The van der Waals surface area contributed by atoms with Crippen LogP contribution in [-0.4, -0.2) is 32.5 Å². The average Bonchev–Trinajstić information content (AvgIpc) is 2.69. The van der Waals surface area contributed by atoms with Gasteiger partial charge in [0.1, 0.15) is 16.5 Å². The molecule has 0 unspecified atom stereocenters. The number of aromatic nitrogens is 2. The molecule has 15 heavy (non-hydrogen) atoms. The Hall–Kier alpha value is -0.230. The van der Waals surface area contributed by atoms with E-state index in [1.165, 1.54) is 6.33 Å². The highest BCUT2D eigenvalue weighted by atomic mass is 35.5. The summed E-state index contributed by atoms with van der Waals surface area (Å²) < 4.78 is 11.9.